The highest BCUT2D eigenvalue weighted by Gasteiger charge is 2.31. The molecule has 1 N–H and O–H groups in total. The van der Waals surface area contributed by atoms with Crippen LogP contribution in [0.15, 0.2) is 0 Å². The normalized spacial score (nSPS) is 30.1. The summed E-state index contributed by atoms with van der Waals surface area (Å²) in [6.07, 6.45) is 3.59. The van der Waals surface area contributed by atoms with E-state index >= 15 is 0 Å². The molecule has 0 spiro atoms. The molecule has 0 radical (unpaired) electrons. The van der Waals surface area contributed by atoms with Gasteiger partial charge in [-0.05, 0) is 26.3 Å². The first kappa shape index (κ1) is 9.68. The first-order valence-electron chi connectivity index (χ1n) is 4.61. The fourth-order valence-corrected chi connectivity index (χ4v) is 1.75. The summed E-state index contributed by atoms with van der Waals surface area (Å²) in [5, 5.41) is 3.26. The summed E-state index contributed by atoms with van der Waals surface area (Å²) in [7, 11) is 0. The molecule has 70 valence electrons. The number of rotatable bonds is 4. The Morgan fingerprint density at radius 3 is 3.00 bits per heavy atom. The average Bonchev–Trinajstić information content (AvgIpc) is 2.07. The van der Waals surface area contributed by atoms with E-state index in [-0.39, 0.29) is 5.60 Å². The van der Waals surface area contributed by atoms with Crippen LogP contribution in [0.4, 0.5) is 0 Å². The van der Waals surface area contributed by atoms with Gasteiger partial charge in [0.2, 0.25) is 0 Å². The second-order valence-electron chi connectivity index (χ2n) is 3.27. The van der Waals surface area contributed by atoms with Gasteiger partial charge in [0.15, 0.2) is 0 Å². The topological polar surface area (TPSA) is 38.3 Å². The third kappa shape index (κ3) is 2.29. The quantitative estimate of drug-likeness (QED) is 0.634. The number of ether oxygens (including phenoxy) is 1. The third-order valence-corrected chi connectivity index (χ3v) is 2.34. The van der Waals surface area contributed by atoms with Crippen molar-refractivity contribution in [3.8, 4) is 0 Å². The van der Waals surface area contributed by atoms with E-state index in [1.54, 1.807) is 0 Å². The van der Waals surface area contributed by atoms with Crippen LogP contribution < -0.4 is 5.32 Å². The van der Waals surface area contributed by atoms with Gasteiger partial charge in [-0.1, -0.05) is 0 Å². The van der Waals surface area contributed by atoms with Crippen LogP contribution in [-0.4, -0.2) is 31.6 Å². The van der Waals surface area contributed by atoms with E-state index in [9.17, 15) is 4.79 Å². The Morgan fingerprint density at radius 1 is 1.67 bits per heavy atom. The van der Waals surface area contributed by atoms with Crippen molar-refractivity contribution < 1.29 is 9.53 Å². The summed E-state index contributed by atoms with van der Waals surface area (Å²) in [5.74, 6) is 0. The zero-order valence-electron chi connectivity index (χ0n) is 7.64. The van der Waals surface area contributed by atoms with Crippen LogP contribution >= 0.6 is 0 Å². The van der Waals surface area contributed by atoms with Gasteiger partial charge < -0.3 is 14.8 Å². The predicted octanol–water partition coefficient (Wildman–Crippen LogP) is 0.734. The molecule has 3 nitrogen and oxygen atoms in total. The van der Waals surface area contributed by atoms with Crippen LogP contribution in [0.25, 0.3) is 0 Å². The predicted molar refractivity (Wildman–Crippen MR) is 47.1 cm³/mol. The minimum atomic E-state index is -0.200. The monoisotopic (exact) mass is 171 g/mol. The fraction of sp³-hybridized carbons (Fsp3) is 0.889. The minimum Gasteiger partial charge on any atom is -0.374 e. The maximum absolute atomic E-state index is 10.4. The summed E-state index contributed by atoms with van der Waals surface area (Å²) in [4.78, 5) is 10.4. The number of carbonyl (C=O) groups excluding carboxylic acids is 1. The molecule has 12 heavy (non-hydrogen) atoms. The molecule has 0 saturated carbocycles. The lowest BCUT2D eigenvalue weighted by atomic mass is 9.91. The van der Waals surface area contributed by atoms with Gasteiger partial charge >= 0.3 is 0 Å². The molecule has 1 heterocycles. The number of carbonyl (C=O) groups is 1. The van der Waals surface area contributed by atoms with Crippen LogP contribution in [0.5, 0.6) is 0 Å². The van der Waals surface area contributed by atoms with Gasteiger partial charge in [-0.25, -0.2) is 0 Å². The number of nitrogens with one attached hydrogen (secondary N) is 1. The SMILES string of the molecule is CCOC1(CC=O)CCCNC1. The van der Waals surface area contributed by atoms with E-state index in [1.165, 1.54) is 0 Å². The molecule has 1 fully saturated rings. The number of piperidine rings is 1. The lowest BCUT2D eigenvalue weighted by Gasteiger charge is -2.35. The van der Waals surface area contributed by atoms with E-state index in [0.29, 0.717) is 13.0 Å². The van der Waals surface area contributed by atoms with Crippen molar-refractivity contribution in [1.82, 2.24) is 5.32 Å². The van der Waals surface area contributed by atoms with Crippen LogP contribution in [0.3, 0.4) is 0 Å². The molecule has 1 unspecified atom stereocenters. The standard InChI is InChI=1S/C9H17NO2/c1-2-12-9(5-7-11)4-3-6-10-8-9/h7,10H,2-6,8H2,1H3. The second kappa shape index (κ2) is 4.58. The molecule has 1 saturated heterocycles. The van der Waals surface area contributed by atoms with Crippen LogP contribution in [0.1, 0.15) is 26.2 Å². The van der Waals surface area contributed by atoms with Gasteiger partial charge in [0.1, 0.15) is 6.29 Å². The number of aldehydes is 1. The smallest absolute Gasteiger partial charge is 0.122 e. The molecular formula is C9H17NO2. The summed E-state index contributed by atoms with van der Waals surface area (Å²) in [6.45, 7) is 4.53. The number of hydrogen-bond acceptors (Lipinski definition) is 3. The third-order valence-electron chi connectivity index (χ3n) is 2.34. The van der Waals surface area contributed by atoms with Crippen molar-refractivity contribution >= 4 is 6.29 Å². The Balaban J connectivity index is 2.49. The first-order chi connectivity index (χ1) is 5.83. The highest BCUT2D eigenvalue weighted by Crippen LogP contribution is 2.23. The van der Waals surface area contributed by atoms with E-state index in [2.05, 4.69) is 5.32 Å². The molecule has 3 heteroatoms. The minimum absolute atomic E-state index is 0.200. The summed E-state index contributed by atoms with van der Waals surface area (Å²) in [5.41, 5.74) is -0.200. The average molecular weight is 171 g/mol. The zero-order chi connectivity index (χ0) is 8.86. The summed E-state index contributed by atoms with van der Waals surface area (Å²) in [6, 6.07) is 0. The molecular weight excluding hydrogens is 154 g/mol. The second-order valence-corrected chi connectivity index (χ2v) is 3.27. The van der Waals surface area contributed by atoms with E-state index < -0.39 is 0 Å². The van der Waals surface area contributed by atoms with Crippen molar-refractivity contribution in [2.75, 3.05) is 19.7 Å². The van der Waals surface area contributed by atoms with E-state index in [0.717, 1.165) is 32.2 Å². The van der Waals surface area contributed by atoms with Crippen LogP contribution in [0, 0.1) is 0 Å². The van der Waals surface area contributed by atoms with Crippen molar-refractivity contribution in [2.45, 2.75) is 31.8 Å². The van der Waals surface area contributed by atoms with Crippen molar-refractivity contribution in [1.29, 1.82) is 0 Å². The Hall–Kier alpha value is -0.410. The maximum Gasteiger partial charge on any atom is 0.122 e. The molecule has 0 aromatic carbocycles. The summed E-state index contributed by atoms with van der Waals surface area (Å²) >= 11 is 0. The molecule has 0 aromatic rings. The van der Waals surface area contributed by atoms with Gasteiger partial charge in [0.05, 0.1) is 5.60 Å². The molecule has 0 bridgehead atoms. The molecule has 0 aliphatic carbocycles. The molecule has 1 atom stereocenters. The zero-order valence-corrected chi connectivity index (χ0v) is 7.64. The maximum atomic E-state index is 10.4. The Bertz CT molecular complexity index is 136. The Morgan fingerprint density at radius 2 is 2.50 bits per heavy atom. The van der Waals surface area contributed by atoms with E-state index in [4.69, 9.17) is 4.74 Å². The van der Waals surface area contributed by atoms with Crippen LogP contribution in [-0.2, 0) is 9.53 Å². The molecule has 1 aliphatic rings. The van der Waals surface area contributed by atoms with Gasteiger partial charge in [-0.3, -0.25) is 0 Å². The molecule has 1 rings (SSSR count). The molecule has 0 amide bonds. The first-order valence-corrected chi connectivity index (χ1v) is 4.61. The number of hydrogen-bond donors (Lipinski definition) is 1. The highest BCUT2D eigenvalue weighted by molar-refractivity contribution is 5.51. The van der Waals surface area contributed by atoms with Crippen molar-refractivity contribution in [3.05, 3.63) is 0 Å². The van der Waals surface area contributed by atoms with Gasteiger partial charge in [0, 0.05) is 19.6 Å². The van der Waals surface area contributed by atoms with Gasteiger partial charge in [-0.2, -0.15) is 0 Å². The summed E-state index contributed by atoms with van der Waals surface area (Å²) < 4.78 is 5.62. The molecule has 1 aliphatic heterocycles. The largest absolute Gasteiger partial charge is 0.374 e. The van der Waals surface area contributed by atoms with Crippen molar-refractivity contribution in [2.24, 2.45) is 0 Å². The Labute approximate surface area is 73.5 Å². The lowest BCUT2D eigenvalue weighted by Crippen LogP contribution is -2.48. The highest BCUT2D eigenvalue weighted by atomic mass is 16.5. The van der Waals surface area contributed by atoms with Gasteiger partial charge in [-0.15, -0.1) is 0 Å². The lowest BCUT2D eigenvalue weighted by molar-refractivity contribution is -0.117. The van der Waals surface area contributed by atoms with Crippen LogP contribution in [0.2, 0.25) is 0 Å². The fourth-order valence-electron chi connectivity index (χ4n) is 1.75. The molecule has 0 aromatic heterocycles. The van der Waals surface area contributed by atoms with Gasteiger partial charge in [0.25, 0.3) is 0 Å². The Kier molecular flexibility index (Phi) is 3.69. The van der Waals surface area contributed by atoms with Crippen molar-refractivity contribution in [3.63, 3.8) is 0 Å². The van der Waals surface area contributed by atoms with E-state index in [1.807, 2.05) is 6.92 Å².